The van der Waals surface area contributed by atoms with E-state index in [9.17, 15) is 9.18 Å². The van der Waals surface area contributed by atoms with Gasteiger partial charge in [-0.2, -0.15) is 0 Å². The number of nitrogens with zero attached hydrogens (tertiary/aromatic N) is 2. The van der Waals surface area contributed by atoms with Gasteiger partial charge in [-0.1, -0.05) is 29.1 Å². The summed E-state index contributed by atoms with van der Waals surface area (Å²) in [4.78, 5) is 11.6. The molecule has 1 aromatic heterocycles. The van der Waals surface area contributed by atoms with E-state index in [0.29, 0.717) is 18.2 Å². The summed E-state index contributed by atoms with van der Waals surface area (Å²) in [5, 5.41) is 3.76. The van der Waals surface area contributed by atoms with Crippen molar-refractivity contribution in [2.24, 2.45) is 5.92 Å². The van der Waals surface area contributed by atoms with Crippen LogP contribution in [0.25, 0.3) is 0 Å². The van der Waals surface area contributed by atoms with E-state index >= 15 is 0 Å². The molecule has 0 N–H and O–H groups in total. The maximum absolute atomic E-state index is 12.8. The SMILES string of the molecule is O=c1onc(Cc2ccc(F)cc2)n1CC#CC1CC1. The molecule has 20 heavy (non-hydrogen) atoms. The number of hydrogen-bond donors (Lipinski definition) is 0. The number of halogens is 1. The predicted octanol–water partition coefficient (Wildman–Crippen LogP) is 1.98. The van der Waals surface area contributed by atoms with Crippen molar-refractivity contribution in [1.29, 1.82) is 0 Å². The third kappa shape index (κ3) is 2.97. The third-order valence-electron chi connectivity index (χ3n) is 3.16. The highest BCUT2D eigenvalue weighted by atomic mass is 19.1. The Morgan fingerprint density at radius 1 is 1.35 bits per heavy atom. The summed E-state index contributed by atoms with van der Waals surface area (Å²) >= 11 is 0. The lowest BCUT2D eigenvalue weighted by Gasteiger charge is -2.01. The average Bonchev–Trinajstić information content (AvgIpc) is 3.20. The molecule has 2 aromatic rings. The van der Waals surface area contributed by atoms with Crippen molar-refractivity contribution in [3.63, 3.8) is 0 Å². The molecule has 1 saturated carbocycles. The summed E-state index contributed by atoms with van der Waals surface area (Å²) in [6.07, 6.45) is 2.71. The molecular weight excluding hydrogens is 259 g/mol. The molecule has 0 saturated heterocycles. The Morgan fingerprint density at radius 3 is 2.80 bits per heavy atom. The molecule has 1 fully saturated rings. The quantitative estimate of drug-likeness (QED) is 0.803. The molecule has 0 unspecified atom stereocenters. The van der Waals surface area contributed by atoms with Gasteiger partial charge in [-0.05, 0) is 30.5 Å². The van der Waals surface area contributed by atoms with Crippen LogP contribution >= 0.6 is 0 Å². The first-order valence-electron chi connectivity index (χ1n) is 6.50. The number of hydrogen-bond acceptors (Lipinski definition) is 3. The van der Waals surface area contributed by atoms with E-state index in [0.717, 1.165) is 18.4 Å². The fourth-order valence-corrected chi connectivity index (χ4v) is 1.86. The van der Waals surface area contributed by atoms with Crippen LogP contribution in [0.5, 0.6) is 0 Å². The molecule has 0 amide bonds. The molecule has 0 aliphatic heterocycles. The van der Waals surface area contributed by atoms with Crippen LogP contribution in [-0.2, 0) is 13.0 Å². The van der Waals surface area contributed by atoms with Gasteiger partial charge in [0.15, 0.2) is 5.82 Å². The Balaban J connectivity index is 1.77. The molecule has 1 aromatic carbocycles. The highest BCUT2D eigenvalue weighted by Gasteiger charge is 2.18. The Morgan fingerprint density at radius 2 is 2.10 bits per heavy atom. The lowest BCUT2D eigenvalue weighted by molar-refractivity contribution is 0.375. The first-order valence-corrected chi connectivity index (χ1v) is 6.50. The summed E-state index contributed by atoms with van der Waals surface area (Å²) in [5.41, 5.74) is 0.864. The van der Waals surface area contributed by atoms with Gasteiger partial charge < -0.3 is 0 Å². The average molecular weight is 272 g/mol. The van der Waals surface area contributed by atoms with Crippen molar-refractivity contribution in [2.75, 3.05) is 0 Å². The Bertz CT molecular complexity index is 715. The van der Waals surface area contributed by atoms with E-state index in [2.05, 4.69) is 21.5 Å². The monoisotopic (exact) mass is 272 g/mol. The van der Waals surface area contributed by atoms with E-state index in [1.807, 2.05) is 0 Å². The second kappa shape index (κ2) is 5.33. The van der Waals surface area contributed by atoms with Crippen LogP contribution in [-0.4, -0.2) is 9.72 Å². The summed E-state index contributed by atoms with van der Waals surface area (Å²) in [6.45, 7) is 0.287. The van der Waals surface area contributed by atoms with Crippen LogP contribution < -0.4 is 5.76 Å². The lowest BCUT2D eigenvalue weighted by atomic mass is 10.1. The van der Waals surface area contributed by atoms with Crippen LogP contribution in [0.15, 0.2) is 33.6 Å². The standard InChI is InChI=1S/C15H13FN2O2/c16-13-7-5-12(6-8-13)10-14-17-20-15(19)18(14)9-1-2-11-3-4-11/h5-8,11H,3-4,9-10H2. The minimum Gasteiger partial charge on any atom is -0.296 e. The predicted molar refractivity (Wildman–Crippen MR) is 70.5 cm³/mol. The maximum Gasteiger partial charge on any atom is 0.442 e. The molecule has 1 heterocycles. The van der Waals surface area contributed by atoms with Crippen LogP contribution in [0.4, 0.5) is 4.39 Å². The smallest absolute Gasteiger partial charge is 0.296 e. The second-order valence-corrected chi connectivity index (χ2v) is 4.85. The molecule has 0 atom stereocenters. The van der Waals surface area contributed by atoms with Crippen molar-refractivity contribution in [3.05, 3.63) is 52.0 Å². The Kier molecular flexibility index (Phi) is 3.38. The first kappa shape index (κ1) is 12.7. The van der Waals surface area contributed by atoms with Gasteiger partial charge in [-0.25, -0.2) is 13.8 Å². The lowest BCUT2D eigenvalue weighted by Crippen LogP contribution is -2.16. The molecule has 0 radical (unpaired) electrons. The zero-order valence-electron chi connectivity index (χ0n) is 10.8. The Hall–Kier alpha value is -2.35. The molecule has 0 spiro atoms. The van der Waals surface area contributed by atoms with Crippen molar-refractivity contribution in [2.45, 2.75) is 25.8 Å². The van der Waals surface area contributed by atoms with Gasteiger partial charge >= 0.3 is 5.76 Å². The van der Waals surface area contributed by atoms with Crippen molar-refractivity contribution >= 4 is 0 Å². The fourth-order valence-electron chi connectivity index (χ4n) is 1.86. The minimum atomic E-state index is -0.507. The minimum absolute atomic E-state index is 0.287. The summed E-state index contributed by atoms with van der Waals surface area (Å²) in [7, 11) is 0. The normalized spacial score (nSPS) is 13.8. The van der Waals surface area contributed by atoms with Gasteiger partial charge in [-0.3, -0.25) is 4.52 Å². The van der Waals surface area contributed by atoms with E-state index < -0.39 is 5.76 Å². The van der Waals surface area contributed by atoms with Crippen LogP contribution in [0, 0.1) is 23.6 Å². The molecule has 0 bridgehead atoms. The summed E-state index contributed by atoms with van der Waals surface area (Å²) in [6, 6.07) is 6.08. The molecule has 102 valence electrons. The Labute approximate surface area is 115 Å². The van der Waals surface area contributed by atoms with Gasteiger partial charge in [0.25, 0.3) is 0 Å². The van der Waals surface area contributed by atoms with Gasteiger partial charge in [0.2, 0.25) is 0 Å². The molecular formula is C15H13FN2O2. The fraction of sp³-hybridized carbons (Fsp3) is 0.333. The number of rotatable bonds is 3. The van der Waals surface area contributed by atoms with Crippen molar-refractivity contribution < 1.29 is 8.91 Å². The molecule has 1 aliphatic carbocycles. The highest BCUT2D eigenvalue weighted by Crippen LogP contribution is 2.27. The number of benzene rings is 1. The maximum atomic E-state index is 12.8. The zero-order valence-corrected chi connectivity index (χ0v) is 10.8. The summed E-state index contributed by atoms with van der Waals surface area (Å²) in [5.74, 6) is 6.27. The van der Waals surface area contributed by atoms with Gasteiger partial charge in [0, 0.05) is 12.3 Å². The van der Waals surface area contributed by atoms with Crippen LogP contribution in [0.3, 0.4) is 0 Å². The first-order chi connectivity index (χ1) is 9.72. The second-order valence-electron chi connectivity index (χ2n) is 4.85. The van der Waals surface area contributed by atoms with Gasteiger partial charge in [0.1, 0.15) is 5.82 Å². The molecule has 5 heteroatoms. The number of aromatic nitrogens is 2. The van der Waals surface area contributed by atoms with Crippen molar-refractivity contribution in [3.8, 4) is 11.8 Å². The molecule has 4 nitrogen and oxygen atoms in total. The van der Waals surface area contributed by atoms with Gasteiger partial charge in [0.05, 0.1) is 6.54 Å². The zero-order chi connectivity index (χ0) is 13.9. The van der Waals surface area contributed by atoms with Crippen LogP contribution in [0.2, 0.25) is 0 Å². The van der Waals surface area contributed by atoms with Crippen LogP contribution in [0.1, 0.15) is 24.2 Å². The topological polar surface area (TPSA) is 48.0 Å². The molecule has 1 aliphatic rings. The summed E-state index contributed by atoms with van der Waals surface area (Å²) < 4.78 is 18.9. The molecule has 3 rings (SSSR count). The van der Waals surface area contributed by atoms with E-state index in [-0.39, 0.29) is 12.4 Å². The highest BCUT2D eigenvalue weighted by molar-refractivity contribution is 5.20. The largest absolute Gasteiger partial charge is 0.442 e. The van der Waals surface area contributed by atoms with E-state index in [4.69, 9.17) is 0 Å². The third-order valence-corrected chi connectivity index (χ3v) is 3.16. The van der Waals surface area contributed by atoms with E-state index in [1.165, 1.54) is 16.7 Å². The van der Waals surface area contributed by atoms with E-state index in [1.54, 1.807) is 12.1 Å². The van der Waals surface area contributed by atoms with Gasteiger partial charge in [-0.15, -0.1) is 0 Å². The van der Waals surface area contributed by atoms with Crippen molar-refractivity contribution in [1.82, 2.24) is 9.72 Å².